The minimum atomic E-state index is -0.301. The third-order valence-electron chi connectivity index (χ3n) is 3.03. The van der Waals surface area contributed by atoms with Crippen LogP contribution in [0.25, 0.3) is 6.08 Å². The fourth-order valence-corrected chi connectivity index (χ4v) is 2.78. The van der Waals surface area contributed by atoms with Gasteiger partial charge in [0.25, 0.3) is 11.1 Å². The van der Waals surface area contributed by atoms with Crippen molar-refractivity contribution in [3.8, 4) is 11.8 Å². The molecule has 1 aliphatic rings. The van der Waals surface area contributed by atoms with E-state index in [1.807, 2.05) is 12.1 Å². The number of nitrogens with zero attached hydrogens (tertiary/aromatic N) is 2. The number of hydrogen-bond donors (Lipinski definition) is 0. The molecule has 0 saturated carbocycles. The van der Waals surface area contributed by atoms with Gasteiger partial charge in [0.15, 0.2) is 6.61 Å². The molecule has 5 nitrogen and oxygen atoms in total. The van der Waals surface area contributed by atoms with E-state index < -0.39 is 0 Å². The van der Waals surface area contributed by atoms with Crippen molar-refractivity contribution < 1.29 is 14.3 Å². The molecule has 1 aliphatic heterocycles. The van der Waals surface area contributed by atoms with Gasteiger partial charge < -0.3 is 4.74 Å². The number of rotatable bonds is 5. The molecular weight excluding hydrogens is 300 g/mol. The average molecular weight is 314 g/mol. The van der Waals surface area contributed by atoms with E-state index in [-0.39, 0.29) is 17.8 Å². The van der Waals surface area contributed by atoms with Crippen molar-refractivity contribution >= 4 is 29.0 Å². The Kier molecular flexibility index (Phi) is 5.02. The molecule has 0 aliphatic carbocycles. The second-order valence-corrected chi connectivity index (χ2v) is 5.54. The first-order chi connectivity index (χ1) is 10.6. The van der Waals surface area contributed by atoms with Gasteiger partial charge in [0.2, 0.25) is 0 Å². The van der Waals surface area contributed by atoms with E-state index in [0.717, 1.165) is 27.8 Å². The lowest BCUT2D eigenvalue weighted by molar-refractivity contribution is -0.121. The Balaban J connectivity index is 2.31. The van der Waals surface area contributed by atoms with Crippen LogP contribution < -0.4 is 4.74 Å². The summed E-state index contributed by atoms with van der Waals surface area (Å²) in [4.78, 5) is 24.8. The maximum absolute atomic E-state index is 11.9. The van der Waals surface area contributed by atoms with Gasteiger partial charge in [-0.05, 0) is 47.5 Å². The van der Waals surface area contributed by atoms with Gasteiger partial charge in [0.05, 0.1) is 4.91 Å². The summed E-state index contributed by atoms with van der Waals surface area (Å²) in [5.74, 6) is 0.312. The monoisotopic (exact) mass is 314 g/mol. The summed E-state index contributed by atoms with van der Waals surface area (Å²) in [5.41, 5.74) is 1.66. The molecule has 1 heterocycles. The van der Waals surface area contributed by atoms with Crippen molar-refractivity contribution in [2.24, 2.45) is 0 Å². The Bertz CT molecular complexity index is 704. The van der Waals surface area contributed by atoms with Gasteiger partial charge in [-0.1, -0.05) is 12.1 Å². The normalized spacial score (nSPS) is 16.0. The van der Waals surface area contributed by atoms with Crippen LogP contribution in [-0.4, -0.2) is 29.7 Å². The molecule has 0 atom stereocenters. The molecule has 0 radical (unpaired) electrons. The van der Waals surface area contributed by atoms with E-state index >= 15 is 0 Å². The van der Waals surface area contributed by atoms with Gasteiger partial charge in [0.1, 0.15) is 11.8 Å². The lowest BCUT2D eigenvalue weighted by Crippen LogP contribution is -2.22. The highest BCUT2D eigenvalue weighted by Crippen LogP contribution is 2.32. The van der Waals surface area contributed by atoms with Crippen molar-refractivity contribution in [2.75, 3.05) is 13.7 Å². The second-order valence-electron chi connectivity index (χ2n) is 4.55. The fourth-order valence-electron chi connectivity index (χ4n) is 1.95. The summed E-state index contributed by atoms with van der Waals surface area (Å²) in [5, 5.41) is 8.31. The molecule has 1 aromatic carbocycles. The van der Waals surface area contributed by atoms with Crippen molar-refractivity contribution in [1.82, 2.24) is 4.90 Å². The molecule has 1 saturated heterocycles. The molecule has 6 heteroatoms. The number of benzene rings is 1. The predicted octanol–water partition coefficient (Wildman–Crippen LogP) is 2.98. The number of carbonyl (C=O) groups is 2. The number of allylic oxidation sites excluding steroid dienone is 1. The SMILES string of the molecule is C=CCc1cc(/C=C2\SC(=O)N(C)C2=O)ccc1OCC#N. The summed E-state index contributed by atoms with van der Waals surface area (Å²) < 4.78 is 5.35. The first-order valence-corrected chi connectivity index (χ1v) is 7.33. The molecule has 22 heavy (non-hydrogen) atoms. The molecule has 1 fully saturated rings. The Hall–Kier alpha value is -2.52. The maximum atomic E-state index is 11.9. The van der Waals surface area contributed by atoms with Crippen LogP contribution in [0.2, 0.25) is 0 Å². The Morgan fingerprint density at radius 1 is 1.45 bits per heavy atom. The molecular formula is C16H14N2O3S. The van der Waals surface area contributed by atoms with Gasteiger partial charge in [-0.3, -0.25) is 14.5 Å². The fraction of sp³-hybridized carbons (Fsp3) is 0.188. The van der Waals surface area contributed by atoms with Crippen molar-refractivity contribution in [3.63, 3.8) is 0 Å². The number of imide groups is 1. The molecule has 0 spiro atoms. The van der Waals surface area contributed by atoms with Crippen molar-refractivity contribution in [3.05, 3.63) is 46.9 Å². The zero-order chi connectivity index (χ0) is 16.1. The van der Waals surface area contributed by atoms with Crippen molar-refractivity contribution in [1.29, 1.82) is 5.26 Å². The highest BCUT2D eigenvalue weighted by molar-refractivity contribution is 8.18. The molecule has 0 aromatic heterocycles. The first kappa shape index (κ1) is 15.9. The summed E-state index contributed by atoms with van der Waals surface area (Å²) >= 11 is 0.918. The summed E-state index contributed by atoms with van der Waals surface area (Å²) in [7, 11) is 1.46. The smallest absolute Gasteiger partial charge is 0.293 e. The van der Waals surface area contributed by atoms with Gasteiger partial charge in [-0.15, -0.1) is 6.58 Å². The zero-order valence-electron chi connectivity index (χ0n) is 12.0. The maximum Gasteiger partial charge on any atom is 0.293 e. The Labute approximate surface area is 132 Å². The topological polar surface area (TPSA) is 70.4 Å². The third kappa shape index (κ3) is 3.38. The van der Waals surface area contributed by atoms with Gasteiger partial charge in [-0.2, -0.15) is 5.26 Å². The van der Waals surface area contributed by atoms with E-state index in [2.05, 4.69) is 6.58 Å². The molecule has 1 aromatic rings. The number of hydrogen-bond acceptors (Lipinski definition) is 5. The molecule has 2 rings (SSSR count). The van der Waals surface area contributed by atoms with Crippen LogP contribution in [0.5, 0.6) is 5.75 Å². The quantitative estimate of drug-likeness (QED) is 0.617. The van der Waals surface area contributed by atoms with Crippen LogP contribution in [0.3, 0.4) is 0 Å². The van der Waals surface area contributed by atoms with Crippen LogP contribution >= 0.6 is 11.8 Å². The van der Waals surface area contributed by atoms with Gasteiger partial charge in [0, 0.05) is 7.05 Å². The number of nitriles is 1. The largest absolute Gasteiger partial charge is 0.478 e. The van der Waals surface area contributed by atoms with Crippen LogP contribution in [0.15, 0.2) is 35.8 Å². The number of likely N-dealkylation sites (N-methyl/N-ethyl adjacent to an activating group) is 1. The van der Waals surface area contributed by atoms with E-state index in [1.165, 1.54) is 7.05 Å². The third-order valence-corrected chi connectivity index (χ3v) is 3.99. The highest BCUT2D eigenvalue weighted by Gasteiger charge is 2.31. The molecule has 112 valence electrons. The summed E-state index contributed by atoms with van der Waals surface area (Å²) in [6.07, 6.45) is 3.99. The van der Waals surface area contributed by atoms with Gasteiger partial charge in [-0.25, -0.2) is 0 Å². The highest BCUT2D eigenvalue weighted by atomic mass is 32.2. The minimum Gasteiger partial charge on any atom is -0.478 e. The van der Waals surface area contributed by atoms with E-state index in [4.69, 9.17) is 10.00 Å². The number of carbonyl (C=O) groups excluding carboxylic acids is 2. The summed E-state index contributed by atoms with van der Waals surface area (Å²) in [6.45, 7) is 3.67. The average Bonchev–Trinajstić information content (AvgIpc) is 2.74. The van der Waals surface area contributed by atoms with E-state index in [0.29, 0.717) is 17.1 Å². The number of ether oxygens (including phenoxy) is 1. The molecule has 0 N–H and O–H groups in total. The minimum absolute atomic E-state index is 0.0296. The molecule has 2 amide bonds. The van der Waals surface area contributed by atoms with E-state index in [1.54, 1.807) is 24.3 Å². The molecule has 0 unspecified atom stereocenters. The molecule has 0 bridgehead atoms. The van der Waals surface area contributed by atoms with Crippen LogP contribution in [0.1, 0.15) is 11.1 Å². The van der Waals surface area contributed by atoms with Crippen LogP contribution in [0.4, 0.5) is 4.79 Å². The zero-order valence-corrected chi connectivity index (χ0v) is 12.9. The lowest BCUT2D eigenvalue weighted by Gasteiger charge is -2.09. The predicted molar refractivity (Wildman–Crippen MR) is 85.2 cm³/mol. The Morgan fingerprint density at radius 2 is 2.23 bits per heavy atom. The first-order valence-electron chi connectivity index (χ1n) is 6.52. The lowest BCUT2D eigenvalue weighted by atomic mass is 10.1. The standard InChI is InChI=1S/C16H14N2O3S/c1-3-4-12-9-11(5-6-13(12)21-8-7-17)10-14-15(19)18(2)16(20)22-14/h3,5-6,9-10H,1,4,8H2,2H3/b14-10-. The second kappa shape index (κ2) is 6.96. The van der Waals surface area contributed by atoms with Gasteiger partial charge >= 0.3 is 0 Å². The van der Waals surface area contributed by atoms with Crippen LogP contribution in [-0.2, 0) is 11.2 Å². The number of thioether (sulfide) groups is 1. The number of amides is 2. The van der Waals surface area contributed by atoms with Crippen molar-refractivity contribution in [2.45, 2.75) is 6.42 Å². The van der Waals surface area contributed by atoms with Crippen LogP contribution in [0, 0.1) is 11.3 Å². The Morgan fingerprint density at radius 3 is 2.82 bits per heavy atom. The van der Waals surface area contributed by atoms with E-state index in [9.17, 15) is 9.59 Å². The summed E-state index contributed by atoms with van der Waals surface area (Å²) in [6, 6.07) is 7.31.